The number of carbonyl (C=O) groups excluding carboxylic acids is 1. The normalized spacial score (nSPS) is 20.9. The lowest BCUT2D eigenvalue weighted by atomic mass is 10.1. The average Bonchev–Trinajstić information content (AvgIpc) is 1.96. The first-order chi connectivity index (χ1) is 6.09. The largest absolute Gasteiger partial charge is 0.378 e. The minimum atomic E-state index is -0.362. The van der Waals surface area contributed by atoms with Gasteiger partial charge < -0.3 is 15.8 Å². The van der Waals surface area contributed by atoms with Gasteiger partial charge in [-0.05, 0) is 13.8 Å². The van der Waals surface area contributed by atoms with E-state index >= 15 is 0 Å². The molecule has 0 aromatic rings. The Morgan fingerprint density at radius 1 is 1.69 bits per heavy atom. The Hall–Kier alpha value is -0.870. The van der Waals surface area contributed by atoms with Gasteiger partial charge in [0, 0.05) is 11.6 Å². The van der Waals surface area contributed by atoms with Crippen LogP contribution in [-0.4, -0.2) is 31.2 Å². The molecule has 0 bridgehead atoms. The lowest BCUT2D eigenvalue weighted by Crippen LogP contribution is -2.49. The number of nitrogens with two attached hydrogens (primary N) is 1. The zero-order valence-electron chi connectivity index (χ0n) is 8.04. The Labute approximate surface area is 78.1 Å². The van der Waals surface area contributed by atoms with E-state index in [0.29, 0.717) is 11.6 Å². The van der Waals surface area contributed by atoms with Crippen LogP contribution in [0, 0.1) is 0 Å². The van der Waals surface area contributed by atoms with Gasteiger partial charge in [-0.2, -0.15) is 0 Å². The van der Waals surface area contributed by atoms with Crippen LogP contribution < -0.4 is 11.1 Å². The van der Waals surface area contributed by atoms with E-state index in [1.165, 1.54) is 0 Å². The van der Waals surface area contributed by atoms with E-state index in [-0.39, 0.29) is 11.9 Å². The number of rotatable bonds is 4. The van der Waals surface area contributed by atoms with Crippen molar-refractivity contribution in [2.75, 3.05) is 13.2 Å². The van der Waals surface area contributed by atoms with E-state index < -0.39 is 0 Å². The first-order valence-corrected chi connectivity index (χ1v) is 4.41. The van der Waals surface area contributed by atoms with Crippen LogP contribution in [0.25, 0.3) is 0 Å². The van der Waals surface area contributed by atoms with Crippen molar-refractivity contribution in [3.63, 3.8) is 0 Å². The zero-order valence-corrected chi connectivity index (χ0v) is 8.04. The van der Waals surface area contributed by atoms with Crippen LogP contribution in [0.5, 0.6) is 0 Å². The maximum atomic E-state index is 10.7. The summed E-state index contributed by atoms with van der Waals surface area (Å²) in [6.07, 6.45) is 1.83. The summed E-state index contributed by atoms with van der Waals surface area (Å²) in [6, 6.07) is 0.591. The molecule has 1 aliphatic heterocycles. The van der Waals surface area contributed by atoms with Crippen molar-refractivity contribution in [1.82, 2.24) is 5.32 Å². The van der Waals surface area contributed by atoms with Gasteiger partial charge in [0.25, 0.3) is 0 Å². The lowest BCUT2D eigenvalue weighted by molar-refractivity contribution is -0.114. The van der Waals surface area contributed by atoms with Crippen LogP contribution in [-0.2, 0) is 9.53 Å². The van der Waals surface area contributed by atoms with Gasteiger partial charge >= 0.3 is 0 Å². The molecule has 0 aliphatic carbocycles. The van der Waals surface area contributed by atoms with Crippen LogP contribution in [0.2, 0.25) is 0 Å². The minimum absolute atomic E-state index is 0.168. The molecular weight excluding hydrogens is 168 g/mol. The molecule has 13 heavy (non-hydrogen) atoms. The molecule has 1 rings (SSSR count). The fourth-order valence-corrected chi connectivity index (χ4v) is 1.21. The average molecular weight is 184 g/mol. The van der Waals surface area contributed by atoms with E-state index in [2.05, 4.69) is 5.32 Å². The Bertz CT molecular complexity index is 222. The summed E-state index contributed by atoms with van der Waals surface area (Å²) < 4.78 is 5.01. The molecule has 1 amide bonds. The molecule has 0 radical (unpaired) electrons. The highest BCUT2D eigenvalue weighted by molar-refractivity contribution is 5.91. The molecule has 0 saturated carbocycles. The fraction of sp³-hybridized carbons (Fsp3) is 0.667. The predicted octanol–water partition coefficient (Wildman–Crippen LogP) is -0.205. The third-order valence-corrected chi connectivity index (χ3v) is 2.03. The van der Waals surface area contributed by atoms with Crippen molar-refractivity contribution in [3.8, 4) is 0 Å². The number of primary amides is 1. The second-order valence-electron chi connectivity index (χ2n) is 3.40. The van der Waals surface area contributed by atoms with E-state index in [1.54, 1.807) is 6.92 Å². The zero-order chi connectivity index (χ0) is 9.84. The van der Waals surface area contributed by atoms with Gasteiger partial charge in [0.05, 0.1) is 19.3 Å². The van der Waals surface area contributed by atoms with Crippen LogP contribution >= 0.6 is 0 Å². The summed E-state index contributed by atoms with van der Waals surface area (Å²) in [5.74, 6) is -0.362. The molecule has 1 atom stereocenters. The topological polar surface area (TPSA) is 64.3 Å². The van der Waals surface area contributed by atoms with Crippen molar-refractivity contribution >= 4 is 5.91 Å². The van der Waals surface area contributed by atoms with E-state index in [9.17, 15) is 4.79 Å². The van der Waals surface area contributed by atoms with Crippen molar-refractivity contribution in [2.24, 2.45) is 5.73 Å². The molecule has 0 spiro atoms. The Balaban J connectivity index is 2.33. The monoisotopic (exact) mass is 184 g/mol. The predicted molar refractivity (Wildman–Crippen MR) is 50.2 cm³/mol. The molecule has 1 fully saturated rings. The number of amides is 1. The second-order valence-corrected chi connectivity index (χ2v) is 3.40. The first kappa shape index (κ1) is 10.2. The molecule has 4 nitrogen and oxygen atoms in total. The van der Waals surface area contributed by atoms with Crippen LogP contribution in [0.1, 0.15) is 13.8 Å². The maximum Gasteiger partial charge on any atom is 0.244 e. The third kappa shape index (κ3) is 3.16. The number of hydrogen-bond acceptors (Lipinski definition) is 3. The van der Waals surface area contributed by atoms with E-state index in [4.69, 9.17) is 10.5 Å². The first-order valence-electron chi connectivity index (χ1n) is 4.41. The highest BCUT2D eigenvalue weighted by atomic mass is 16.5. The molecule has 1 heterocycles. The van der Waals surface area contributed by atoms with Gasteiger partial charge in [0.15, 0.2) is 0 Å². The van der Waals surface area contributed by atoms with Crippen LogP contribution in [0.15, 0.2) is 11.6 Å². The number of carbonyl (C=O) groups is 1. The Kier molecular flexibility index (Phi) is 3.45. The number of nitrogens with one attached hydrogen (secondary N) is 1. The van der Waals surface area contributed by atoms with Crippen molar-refractivity contribution < 1.29 is 9.53 Å². The van der Waals surface area contributed by atoms with Gasteiger partial charge in [-0.3, -0.25) is 4.79 Å². The quantitative estimate of drug-likeness (QED) is 0.594. The van der Waals surface area contributed by atoms with Crippen molar-refractivity contribution in [3.05, 3.63) is 11.6 Å². The molecule has 0 aromatic carbocycles. The molecule has 1 saturated heterocycles. The molecule has 4 heteroatoms. The summed E-state index contributed by atoms with van der Waals surface area (Å²) in [5.41, 5.74) is 5.70. The van der Waals surface area contributed by atoms with E-state index in [1.807, 2.05) is 13.0 Å². The minimum Gasteiger partial charge on any atom is -0.378 e. The van der Waals surface area contributed by atoms with Gasteiger partial charge in [-0.1, -0.05) is 6.08 Å². The standard InChI is InChI=1S/C9H16N2O2/c1-6(9(10)12)3-7(2)11-8-4-13-5-8/h3,7-8,11H,4-5H2,1-2H3,(H2,10,12)/b6-3+. The SMILES string of the molecule is C/C(=C\C(C)NC1COC1)C(N)=O. The van der Waals surface area contributed by atoms with Gasteiger partial charge in [-0.25, -0.2) is 0 Å². The highest BCUT2D eigenvalue weighted by Crippen LogP contribution is 2.03. The third-order valence-electron chi connectivity index (χ3n) is 2.03. The van der Waals surface area contributed by atoms with Gasteiger partial charge in [-0.15, -0.1) is 0 Å². The summed E-state index contributed by atoms with van der Waals surface area (Å²) in [7, 11) is 0. The Morgan fingerprint density at radius 2 is 2.31 bits per heavy atom. The molecule has 3 N–H and O–H groups in total. The highest BCUT2D eigenvalue weighted by Gasteiger charge is 2.19. The van der Waals surface area contributed by atoms with Crippen molar-refractivity contribution in [1.29, 1.82) is 0 Å². The molecule has 0 aromatic heterocycles. The Morgan fingerprint density at radius 3 is 2.69 bits per heavy atom. The maximum absolute atomic E-state index is 10.7. The summed E-state index contributed by atoms with van der Waals surface area (Å²) in [4.78, 5) is 10.7. The fourth-order valence-electron chi connectivity index (χ4n) is 1.21. The smallest absolute Gasteiger partial charge is 0.244 e. The molecule has 1 aliphatic rings. The van der Waals surface area contributed by atoms with Gasteiger partial charge in [0.1, 0.15) is 0 Å². The summed E-state index contributed by atoms with van der Waals surface area (Å²) >= 11 is 0. The van der Waals surface area contributed by atoms with E-state index in [0.717, 1.165) is 13.2 Å². The number of hydrogen-bond donors (Lipinski definition) is 2. The second kappa shape index (κ2) is 4.39. The lowest BCUT2D eigenvalue weighted by Gasteiger charge is -2.29. The summed E-state index contributed by atoms with van der Waals surface area (Å²) in [5, 5.41) is 3.29. The van der Waals surface area contributed by atoms with Crippen LogP contribution in [0.4, 0.5) is 0 Å². The van der Waals surface area contributed by atoms with Crippen LogP contribution in [0.3, 0.4) is 0 Å². The molecular formula is C9H16N2O2. The molecule has 74 valence electrons. The summed E-state index contributed by atoms with van der Waals surface area (Å²) in [6.45, 7) is 5.23. The molecule has 1 unspecified atom stereocenters. The number of ether oxygens (including phenoxy) is 1. The van der Waals surface area contributed by atoms with Gasteiger partial charge in [0.2, 0.25) is 5.91 Å². The van der Waals surface area contributed by atoms with Crippen molar-refractivity contribution in [2.45, 2.75) is 25.9 Å².